The van der Waals surface area contributed by atoms with Crippen LogP contribution in [-0.4, -0.2) is 76.5 Å². The topological polar surface area (TPSA) is 79.0 Å². The van der Waals surface area contributed by atoms with Crippen LogP contribution in [0.3, 0.4) is 0 Å². The molecule has 7 nitrogen and oxygen atoms in total. The van der Waals surface area contributed by atoms with Crippen molar-refractivity contribution in [2.45, 2.75) is 18.2 Å². The first-order valence-electron chi connectivity index (χ1n) is 8.58. The first-order valence-corrected chi connectivity index (χ1v) is 10.0. The van der Waals surface area contributed by atoms with Crippen LogP contribution in [0.4, 0.5) is 0 Å². The molecule has 1 aliphatic rings. The Labute approximate surface area is 150 Å². The molecule has 1 aromatic carbocycles. The number of amides is 1. The average Bonchev–Trinajstić information content (AvgIpc) is 2.65. The van der Waals surface area contributed by atoms with Gasteiger partial charge < -0.3 is 15.0 Å². The third-order valence-electron chi connectivity index (χ3n) is 4.34. The summed E-state index contributed by atoms with van der Waals surface area (Å²) in [5.41, 5.74) is 0.451. The Hall–Kier alpha value is -1.48. The average molecular weight is 369 g/mol. The Morgan fingerprint density at radius 1 is 1.16 bits per heavy atom. The van der Waals surface area contributed by atoms with E-state index >= 15 is 0 Å². The third kappa shape index (κ3) is 5.24. The van der Waals surface area contributed by atoms with E-state index in [9.17, 15) is 13.2 Å². The summed E-state index contributed by atoms with van der Waals surface area (Å²) in [6, 6.07) is 6.12. The normalized spacial score (nSPS) is 16.7. The molecule has 2 rings (SSSR count). The van der Waals surface area contributed by atoms with Gasteiger partial charge in [-0.05, 0) is 37.2 Å². The molecule has 0 aromatic heterocycles. The molecule has 0 unspecified atom stereocenters. The van der Waals surface area contributed by atoms with Gasteiger partial charge in [0.2, 0.25) is 10.0 Å². The zero-order chi connectivity index (χ0) is 18.3. The van der Waals surface area contributed by atoms with E-state index in [1.807, 2.05) is 0 Å². The molecule has 1 heterocycles. The van der Waals surface area contributed by atoms with Crippen molar-refractivity contribution < 1.29 is 17.9 Å². The fraction of sp³-hybridized carbons (Fsp3) is 0.588. The molecule has 1 aromatic rings. The minimum absolute atomic E-state index is 0.211. The molecule has 1 saturated heterocycles. The number of nitrogens with zero attached hydrogens (tertiary/aromatic N) is 2. The van der Waals surface area contributed by atoms with Gasteiger partial charge in [0.15, 0.2) is 0 Å². The van der Waals surface area contributed by atoms with Crippen LogP contribution in [0.15, 0.2) is 29.2 Å². The number of carbonyl (C=O) groups excluding carboxylic acids is 1. The number of methoxy groups -OCH3 is 1. The van der Waals surface area contributed by atoms with Crippen LogP contribution in [0, 0.1) is 0 Å². The largest absolute Gasteiger partial charge is 0.385 e. The number of likely N-dealkylation sites (N-methyl/N-ethyl adjacent to an activating group) is 1. The molecule has 0 atom stereocenters. The summed E-state index contributed by atoms with van der Waals surface area (Å²) >= 11 is 0. The second-order valence-electron chi connectivity index (χ2n) is 5.96. The van der Waals surface area contributed by atoms with E-state index < -0.39 is 10.0 Å². The summed E-state index contributed by atoms with van der Waals surface area (Å²) in [5.74, 6) is -0.211. The molecule has 25 heavy (non-hydrogen) atoms. The quantitative estimate of drug-likeness (QED) is 0.685. The van der Waals surface area contributed by atoms with E-state index in [4.69, 9.17) is 4.74 Å². The van der Waals surface area contributed by atoms with Crippen molar-refractivity contribution in [3.63, 3.8) is 0 Å². The molecule has 0 spiro atoms. The predicted molar refractivity (Wildman–Crippen MR) is 96.1 cm³/mol. The van der Waals surface area contributed by atoms with E-state index in [1.54, 1.807) is 19.2 Å². The van der Waals surface area contributed by atoms with Gasteiger partial charge in [-0.15, -0.1) is 0 Å². The summed E-state index contributed by atoms with van der Waals surface area (Å²) in [7, 11) is -1.89. The molecule has 1 fully saturated rings. The number of hydrogen-bond acceptors (Lipinski definition) is 5. The maximum absolute atomic E-state index is 12.7. The van der Waals surface area contributed by atoms with E-state index in [0.717, 1.165) is 26.1 Å². The maximum Gasteiger partial charge on any atom is 0.251 e. The van der Waals surface area contributed by atoms with Gasteiger partial charge in [0, 0.05) is 52.0 Å². The molecule has 8 heteroatoms. The summed E-state index contributed by atoms with van der Waals surface area (Å²) in [6.45, 7) is 6.60. The Morgan fingerprint density at radius 3 is 2.36 bits per heavy atom. The van der Waals surface area contributed by atoms with Crippen LogP contribution >= 0.6 is 0 Å². The standard InChI is InChI=1S/C17H27N3O4S/c1-3-19-10-12-20(13-11-19)25(22,23)16-7-5-15(6-8-16)17(21)18-9-4-14-24-2/h5-8H,3-4,9-14H2,1-2H3,(H,18,21). The van der Waals surface area contributed by atoms with Crippen LogP contribution in [-0.2, 0) is 14.8 Å². The third-order valence-corrected chi connectivity index (χ3v) is 6.26. The SMILES string of the molecule is CCN1CCN(S(=O)(=O)c2ccc(C(=O)NCCCOC)cc2)CC1. The van der Waals surface area contributed by atoms with Crippen molar-refractivity contribution >= 4 is 15.9 Å². The van der Waals surface area contributed by atoms with Gasteiger partial charge in [-0.2, -0.15) is 4.31 Å². The van der Waals surface area contributed by atoms with Crippen LogP contribution in [0.25, 0.3) is 0 Å². The van der Waals surface area contributed by atoms with E-state index in [2.05, 4.69) is 17.1 Å². The van der Waals surface area contributed by atoms with E-state index in [0.29, 0.717) is 31.8 Å². The van der Waals surface area contributed by atoms with Crippen LogP contribution in [0.2, 0.25) is 0 Å². The van der Waals surface area contributed by atoms with Crippen molar-refractivity contribution in [3.8, 4) is 0 Å². The number of hydrogen-bond donors (Lipinski definition) is 1. The lowest BCUT2D eigenvalue weighted by molar-refractivity contribution is 0.0948. The van der Waals surface area contributed by atoms with Gasteiger partial charge in [-0.3, -0.25) is 4.79 Å². The Bertz CT molecular complexity index is 653. The monoisotopic (exact) mass is 369 g/mol. The lowest BCUT2D eigenvalue weighted by atomic mass is 10.2. The highest BCUT2D eigenvalue weighted by molar-refractivity contribution is 7.89. The van der Waals surface area contributed by atoms with Crippen molar-refractivity contribution in [1.29, 1.82) is 0 Å². The second kappa shape index (κ2) is 9.28. The van der Waals surface area contributed by atoms with E-state index in [-0.39, 0.29) is 10.8 Å². The van der Waals surface area contributed by atoms with Gasteiger partial charge in [0.05, 0.1) is 4.90 Å². The lowest BCUT2D eigenvalue weighted by Gasteiger charge is -2.33. The Morgan fingerprint density at radius 2 is 1.80 bits per heavy atom. The zero-order valence-corrected chi connectivity index (χ0v) is 15.7. The maximum atomic E-state index is 12.7. The highest BCUT2D eigenvalue weighted by Crippen LogP contribution is 2.18. The van der Waals surface area contributed by atoms with Crippen LogP contribution in [0.5, 0.6) is 0 Å². The van der Waals surface area contributed by atoms with Crippen LogP contribution < -0.4 is 5.32 Å². The summed E-state index contributed by atoms with van der Waals surface area (Å²) in [6.07, 6.45) is 0.735. The second-order valence-corrected chi connectivity index (χ2v) is 7.90. The number of piperazine rings is 1. The Kier molecular flexibility index (Phi) is 7.37. The number of nitrogens with one attached hydrogen (secondary N) is 1. The number of sulfonamides is 1. The van der Waals surface area contributed by atoms with Gasteiger partial charge in [-0.1, -0.05) is 6.92 Å². The predicted octanol–water partition coefficient (Wildman–Crippen LogP) is 0.779. The summed E-state index contributed by atoms with van der Waals surface area (Å²) < 4.78 is 31.8. The molecular formula is C17H27N3O4S. The molecule has 140 valence electrons. The molecule has 0 saturated carbocycles. The van der Waals surface area contributed by atoms with E-state index in [1.165, 1.54) is 16.4 Å². The summed E-state index contributed by atoms with van der Waals surface area (Å²) in [4.78, 5) is 14.5. The highest BCUT2D eigenvalue weighted by atomic mass is 32.2. The first-order chi connectivity index (χ1) is 12.0. The number of benzene rings is 1. The van der Waals surface area contributed by atoms with Crippen molar-refractivity contribution in [2.75, 3.05) is 53.0 Å². The molecule has 0 bridgehead atoms. The van der Waals surface area contributed by atoms with Crippen molar-refractivity contribution in [2.24, 2.45) is 0 Å². The lowest BCUT2D eigenvalue weighted by Crippen LogP contribution is -2.48. The van der Waals surface area contributed by atoms with Crippen molar-refractivity contribution in [1.82, 2.24) is 14.5 Å². The molecule has 1 amide bonds. The molecule has 1 aliphatic heterocycles. The number of ether oxygens (including phenoxy) is 1. The first kappa shape index (κ1) is 19.8. The molecular weight excluding hydrogens is 342 g/mol. The smallest absolute Gasteiger partial charge is 0.251 e. The molecule has 1 N–H and O–H groups in total. The van der Waals surface area contributed by atoms with Gasteiger partial charge in [0.1, 0.15) is 0 Å². The fourth-order valence-corrected chi connectivity index (χ4v) is 4.16. The van der Waals surface area contributed by atoms with Crippen molar-refractivity contribution in [3.05, 3.63) is 29.8 Å². The van der Waals surface area contributed by atoms with Gasteiger partial charge in [0.25, 0.3) is 5.91 Å². The van der Waals surface area contributed by atoms with Gasteiger partial charge >= 0.3 is 0 Å². The fourth-order valence-electron chi connectivity index (χ4n) is 2.73. The van der Waals surface area contributed by atoms with Crippen LogP contribution in [0.1, 0.15) is 23.7 Å². The molecule has 0 aliphatic carbocycles. The number of rotatable bonds is 8. The number of carbonyl (C=O) groups is 1. The minimum atomic E-state index is -3.50. The highest BCUT2D eigenvalue weighted by Gasteiger charge is 2.28. The molecule has 0 radical (unpaired) electrons. The minimum Gasteiger partial charge on any atom is -0.385 e. The Balaban J connectivity index is 1.97. The van der Waals surface area contributed by atoms with Gasteiger partial charge in [-0.25, -0.2) is 8.42 Å². The summed E-state index contributed by atoms with van der Waals surface area (Å²) in [5, 5.41) is 2.78. The zero-order valence-electron chi connectivity index (χ0n) is 14.9.